The molecule has 0 saturated heterocycles. The van der Waals surface area contributed by atoms with E-state index in [1.165, 1.54) is 10.4 Å². The van der Waals surface area contributed by atoms with Gasteiger partial charge in [0.15, 0.2) is 0 Å². The minimum Gasteiger partial charge on any atom is -0.351 e. The van der Waals surface area contributed by atoms with Crippen LogP contribution in [0.15, 0.2) is 76.1 Å². The van der Waals surface area contributed by atoms with E-state index >= 15 is 0 Å². The van der Waals surface area contributed by atoms with Crippen LogP contribution in [-0.2, 0) is 10.9 Å². The molecule has 0 saturated carbocycles. The maximum atomic E-state index is 6.25. The Kier molecular flexibility index (Phi) is 4.24. The molecular formula is C18H14ClN3S2. The van der Waals surface area contributed by atoms with Crippen molar-refractivity contribution in [3.05, 3.63) is 71.9 Å². The molecule has 120 valence electrons. The van der Waals surface area contributed by atoms with Crippen molar-refractivity contribution in [1.29, 1.82) is 0 Å². The Bertz CT molecular complexity index is 1020. The summed E-state index contributed by atoms with van der Waals surface area (Å²) >= 11 is 7.65. The molecule has 2 aromatic heterocycles. The second-order valence-corrected chi connectivity index (χ2v) is 8.02. The second-order valence-electron chi connectivity index (χ2n) is 5.25. The molecule has 6 heteroatoms. The number of hydrogen-bond acceptors (Lipinski definition) is 2. The van der Waals surface area contributed by atoms with Crippen molar-refractivity contribution in [1.82, 2.24) is 4.98 Å². The molecule has 0 aliphatic heterocycles. The number of rotatable bonds is 3. The van der Waals surface area contributed by atoms with Crippen molar-refractivity contribution >= 4 is 49.7 Å². The summed E-state index contributed by atoms with van der Waals surface area (Å²) < 4.78 is 4.69. The molecular weight excluding hydrogens is 358 g/mol. The molecule has 0 spiro atoms. The summed E-state index contributed by atoms with van der Waals surface area (Å²) in [6.45, 7) is 0. The van der Waals surface area contributed by atoms with Crippen LogP contribution in [0.25, 0.3) is 20.7 Å². The number of fused-ring (bicyclic) bond motifs is 1. The van der Waals surface area contributed by atoms with Crippen LogP contribution < -0.4 is 5.14 Å². The zero-order valence-electron chi connectivity index (χ0n) is 12.6. The molecule has 1 atom stereocenters. The Morgan fingerprint density at radius 1 is 1.04 bits per heavy atom. The minimum atomic E-state index is -0.711. The van der Waals surface area contributed by atoms with E-state index in [1.54, 1.807) is 11.3 Å². The molecule has 0 bridgehead atoms. The number of aromatic amines is 1. The average molecular weight is 372 g/mol. The Morgan fingerprint density at radius 3 is 2.54 bits per heavy atom. The van der Waals surface area contributed by atoms with Crippen LogP contribution in [0.5, 0.6) is 0 Å². The normalized spacial score (nSPS) is 12.8. The van der Waals surface area contributed by atoms with E-state index in [0.29, 0.717) is 5.02 Å². The smallest absolute Gasteiger partial charge is 0.103 e. The first-order valence-corrected chi connectivity index (χ1v) is 9.77. The highest BCUT2D eigenvalue weighted by Gasteiger charge is 2.10. The van der Waals surface area contributed by atoms with Crippen LogP contribution in [0.2, 0.25) is 5.02 Å². The van der Waals surface area contributed by atoms with Crippen LogP contribution in [0, 0.1) is 0 Å². The Hall–Kier alpha value is -1.92. The number of nitrogens with one attached hydrogen (secondary N) is 1. The highest BCUT2D eigenvalue weighted by molar-refractivity contribution is 7.85. The lowest BCUT2D eigenvalue weighted by Crippen LogP contribution is -2.01. The summed E-state index contributed by atoms with van der Waals surface area (Å²) in [6.07, 6.45) is 1.92. The third kappa shape index (κ3) is 3.03. The third-order valence-corrected chi connectivity index (χ3v) is 6.17. The SMILES string of the molecule is NS(=Nc1c[nH]c2sc(-c3ccccc3)cc12)c1ccc(Cl)cc1. The number of benzene rings is 2. The van der Waals surface area contributed by atoms with Crippen molar-refractivity contribution < 1.29 is 0 Å². The molecule has 0 aliphatic carbocycles. The molecule has 0 radical (unpaired) electrons. The van der Waals surface area contributed by atoms with E-state index in [4.69, 9.17) is 21.1 Å². The van der Waals surface area contributed by atoms with Crippen molar-refractivity contribution in [2.45, 2.75) is 4.90 Å². The fourth-order valence-electron chi connectivity index (χ4n) is 2.45. The molecule has 24 heavy (non-hydrogen) atoms. The predicted octanol–water partition coefficient (Wildman–Crippen LogP) is 5.92. The van der Waals surface area contributed by atoms with Gasteiger partial charge in [0.05, 0.1) is 5.69 Å². The van der Waals surface area contributed by atoms with Gasteiger partial charge >= 0.3 is 0 Å². The van der Waals surface area contributed by atoms with Gasteiger partial charge in [-0.3, -0.25) is 5.14 Å². The van der Waals surface area contributed by atoms with Crippen LogP contribution >= 0.6 is 22.9 Å². The van der Waals surface area contributed by atoms with E-state index in [0.717, 1.165) is 20.8 Å². The van der Waals surface area contributed by atoms with Gasteiger partial charge in [-0.1, -0.05) is 41.9 Å². The fourth-order valence-corrected chi connectivity index (χ4v) is 4.50. The molecule has 0 fully saturated rings. The Morgan fingerprint density at radius 2 is 1.79 bits per heavy atom. The standard InChI is InChI=1S/C18H14ClN3S2/c19-13-6-8-14(9-7-13)24(20)22-16-11-21-18-15(16)10-17(23-18)12-4-2-1-3-5-12/h1-11,21H,(H2,20,22). The van der Waals surface area contributed by atoms with Gasteiger partial charge in [-0.15, -0.1) is 11.3 Å². The highest BCUT2D eigenvalue weighted by atomic mass is 35.5. The summed E-state index contributed by atoms with van der Waals surface area (Å²) in [6, 6.07) is 20.0. The van der Waals surface area contributed by atoms with Crippen molar-refractivity contribution in [2.24, 2.45) is 9.50 Å². The fraction of sp³-hybridized carbons (Fsp3) is 0. The van der Waals surface area contributed by atoms with Gasteiger partial charge < -0.3 is 4.98 Å². The van der Waals surface area contributed by atoms with Crippen LogP contribution in [0.3, 0.4) is 0 Å². The maximum Gasteiger partial charge on any atom is 0.103 e. The number of hydrogen-bond donors (Lipinski definition) is 2. The van der Waals surface area contributed by atoms with Gasteiger partial charge in [-0.25, -0.2) is 4.36 Å². The van der Waals surface area contributed by atoms with Gasteiger partial charge in [0.1, 0.15) is 4.83 Å². The molecule has 4 rings (SSSR count). The lowest BCUT2D eigenvalue weighted by atomic mass is 10.2. The van der Waals surface area contributed by atoms with E-state index < -0.39 is 10.9 Å². The number of halogens is 1. The van der Waals surface area contributed by atoms with Crippen LogP contribution in [0.4, 0.5) is 5.69 Å². The van der Waals surface area contributed by atoms with Gasteiger partial charge in [0.25, 0.3) is 0 Å². The van der Waals surface area contributed by atoms with E-state index in [1.807, 2.05) is 48.7 Å². The number of nitrogens with zero attached hydrogens (tertiary/aromatic N) is 1. The molecule has 4 aromatic rings. The topological polar surface area (TPSA) is 54.2 Å². The highest BCUT2D eigenvalue weighted by Crippen LogP contribution is 2.38. The lowest BCUT2D eigenvalue weighted by Gasteiger charge is -2.01. The summed E-state index contributed by atoms with van der Waals surface area (Å²) in [4.78, 5) is 6.59. The molecule has 2 aromatic carbocycles. The number of thiophene rings is 1. The van der Waals surface area contributed by atoms with E-state index in [-0.39, 0.29) is 0 Å². The first-order valence-electron chi connectivity index (χ1n) is 7.33. The van der Waals surface area contributed by atoms with E-state index in [2.05, 4.69) is 23.2 Å². The molecule has 2 heterocycles. The van der Waals surface area contributed by atoms with Crippen LogP contribution in [0.1, 0.15) is 0 Å². The summed E-state index contributed by atoms with van der Waals surface area (Å²) in [5.41, 5.74) is 2.10. The summed E-state index contributed by atoms with van der Waals surface area (Å²) in [5, 5.41) is 8.06. The molecule has 1 unspecified atom stereocenters. The molecule has 3 N–H and O–H groups in total. The first-order chi connectivity index (χ1) is 11.7. The van der Waals surface area contributed by atoms with Crippen LogP contribution in [-0.4, -0.2) is 4.98 Å². The Balaban J connectivity index is 1.73. The van der Waals surface area contributed by atoms with Crippen molar-refractivity contribution in [3.8, 4) is 10.4 Å². The zero-order valence-corrected chi connectivity index (χ0v) is 15.0. The van der Waals surface area contributed by atoms with Gasteiger partial charge in [-0.2, -0.15) is 0 Å². The number of H-pyrrole nitrogens is 1. The van der Waals surface area contributed by atoms with Gasteiger partial charge in [-0.05, 0) is 35.9 Å². The zero-order chi connectivity index (χ0) is 16.5. The lowest BCUT2D eigenvalue weighted by molar-refractivity contribution is 1.42. The number of aromatic nitrogens is 1. The van der Waals surface area contributed by atoms with Crippen molar-refractivity contribution in [2.75, 3.05) is 0 Å². The predicted molar refractivity (Wildman–Crippen MR) is 105 cm³/mol. The average Bonchev–Trinajstić information content (AvgIpc) is 3.18. The van der Waals surface area contributed by atoms with E-state index in [9.17, 15) is 0 Å². The monoisotopic (exact) mass is 371 g/mol. The maximum absolute atomic E-state index is 6.25. The molecule has 3 nitrogen and oxygen atoms in total. The van der Waals surface area contributed by atoms with Gasteiger partial charge in [0.2, 0.25) is 0 Å². The molecule has 0 amide bonds. The second kappa shape index (κ2) is 6.53. The Labute approximate surface area is 151 Å². The number of nitrogens with two attached hydrogens (primary N) is 1. The quantitative estimate of drug-likeness (QED) is 0.461. The summed E-state index contributed by atoms with van der Waals surface area (Å²) in [5.74, 6) is 0. The van der Waals surface area contributed by atoms with Gasteiger partial charge in [0, 0.05) is 37.3 Å². The third-order valence-electron chi connectivity index (χ3n) is 3.66. The first kappa shape index (κ1) is 15.6. The summed E-state index contributed by atoms with van der Waals surface area (Å²) in [7, 11) is -0.711. The molecule has 0 aliphatic rings. The largest absolute Gasteiger partial charge is 0.351 e. The van der Waals surface area contributed by atoms with Crippen molar-refractivity contribution in [3.63, 3.8) is 0 Å². The minimum absolute atomic E-state index is 0.699.